The molecule has 0 radical (unpaired) electrons. The van der Waals surface area contributed by atoms with E-state index in [1.807, 2.05) is 54.6 Å². The smallest absolute Gasteiger partial charge is 0.408 e. The van der Waals surface area contributed by atoms with Crippen molar-refractivity contribution in [3.05, 3.63) is 107 Å². The van der Waals surface area contributed by atoms with Gasteiger partial charge in [-0.3, -0.25) is 9.36 Å². The van der Waals surface area contributed by atoms with Gasteiger partial charge >= 0.3 is 5.76 Å². The normalized spacial score (nSPS) is 11.1. The number of nitrogens with zero attached hydrogens (tertiary/aromatic N) is 1. The Hall–Kier alpha value is -3.60. The Kier molecular flexibility index (Phi) is 5.56. The van der Waals surface area contributed by atoms with Crippen LogP contribution in [0, 0.1) is 0 Å². The summed E-state index contributed by atoms with van der Waals surface area (Å²) in [4.78, 5) is 24.5. The first kappa shape index (κ1) is 18.7. The fraction of sp³-hybridized carbons (Fsp3) is 0.167. The molecular formula is C24H22N2O3. The van der Waals surface area contributed by atoms with Crippen LogP contribution in [0.4, 0.5) is 0 Å². The maximum Gasteiger partial charge on any atom is 0.419 e. The quantitative estimate of drug-likeness (QED) is 0.523. The van der Waals surface area contributed by atoms with Gasteiger partial charge in [0.15, 0.2) is 5.58 Å². The van der Waals surface area contributed by atoms with Gasteiger partial charge in [-0.1, -0.05) is 72.8 Å². The van der Waals surface area contributed by atoms with E-state index < -0.39 is 5.76 Å². The lowest BCUT2D eigenvalue weighted by molar-refractivity contribution is -0.121. The Morgan fingerprint density at radius 1 is 0.862 bits per heavy atom. The summed E-state index contributed by atoms with van der Waals surface area (Å²) in [6.45, 7) is 0.775. The minimum absolute atomic E-state index is 0.0684. The van der Waals surface area contributed by atoms with Gasteiger partial charge in [0.2, 0.25) is 5.91 Å². The molecule has 3 aromatic carbocycles. The van der Waals surface area contributed by atoms with Crippen LogP contribution >= 0.6 is 0 Å². The molecule has 1 aromatic heterocycles. The first-order valence-electron chi connectivity index (χ1n) is 9.67. The number of hydrogen-bond acceptors (Lipinski definition) is 3. The molecule has 0 aliphatic rings. The lowest BCUT2D eigenvalue weighted by Gasteiger charge is -2.19. The molecule has 1 amide bonds. The third-order valence-corrected chi connectivity index (χ3v) is 5.04. The molecule has 4 rings (SSSR count). The summed E-state index contributed by atoms with van der Waals surface area (Å²) >= 11 is 0. The predicted molar refractivity (Wildman–Crippen MR) is 113 cm³/mol. The van der Waals surface area contributed by atoms with E-state index in [1.165, 1.54) is 4.57 Å². The van der Waals surface area contributed by atoms with Gasteiger partial charge in [-0.25, -0.2) is 4.79 Å². The first-order valence-corrected chi connectivity index (χ1v) is 9.67. The van der Waals surface area contributed by atoms with Gasteiger partial charge in [0.25, 0.3) is 0 Å². The predicted octanol–water partition coefficient (Wildman–Crippen LogP) is 3.93. The summed E-state index contributed by atoms with van der Waals surface area (Å²) in [7, 11) is 0. The second-order valence-corrected chi connectivity index (χ2v) is 6.92. The maximum atomic E-state index is 12.5. The molecule has 1 heterocycles. The topological polar surface area (TPSA) is 64.2 Å². The number of para-hydroxylation sites is 2. The summed E-state index contributed by atoms with van der Waals surface area (Å²) in [6.07, 6.45) is 0.208. The lowest BCUT2D eigenvalue weighted by atomic mass is 9.91. The number of oxazole rings is 1. The highest BCUT2D eigenvalue weighted by Crippen LogP contribution is 2.23. The van der Waals surface area contributed by atoms with Crippen molar-refractivity contribution < 1.29 is 9.21 Å². The fourth-order valence-electron chi connectivity index (χ4n) is 3.54. The molecule has 0 aliphatic heterocycles. The van der Waals surface area contributed by atoms with E-state index in [0.29, 0.717) is 17.6 Å². The largest absolute Gasteiger partial charge is 0.419 e. The molecule has 0 spiro atoms. The van der Waals surface area contributed by atoms with Crippen molar-refractivity contribution in [2.24, 2.45) is 0 Å². The van der Waals surface area contributed by atoms with Gasteiger partial charge in [-0.2, -0.15) is 0 Å². The number of carbonyl (C=O) groups excluding carboxylic acids is 1. The number of aryl methyl sites for hydroxylation is 1. The second-order valence-electron chi connectivity index (χ2n) is 6.92. The van der Waals surface area contributed by atoms with Crippen LogP contribution in [0.2, 0.25) is 0 Å². The molecule has 0 fully saturated rings. The van der Waals surface area contributed by atoms with Gasteiger partial charge in [-0.15, -0.1) is 0 Å². The van der Waals surface area contributed by atoms with Crippen LogP contribution in [0.5, 0.6) is 0 Å². The molecule has 0 saturated heterocycles. The van der Waals surface area contributed by atoms with Crippen molar-refractivity contribution in [3.63, 3.8) is 0 Å². The third kappa shape index (κ3) is 4.29. The Bertz CT molecular complexity index is 1110. The molecular weight excluding hydrogens is 364 g/mol. The summed E-state index contributed by atoms with van der Waals surface area (Å²) in [5.74, 6) is -0.469. The zero-order chi connectivity index (χ0) is 20.1. The first-order chi connectivity index (χ1) is 14.2. The number of carbonyl (C=O) groups is 1. The minimum atomic E-state index is -0.439. The number of rotatable bonds is 7. The van der Waals surface area contributed by atoms with Crippen molar-refractivity contribution in [3.8, 4) is 0 Å². The van der Waals surface area contributed by atoms with Crippen molar-refractivity contribution in [2.75, 3.05) is 6.54 Å². The minimum Gasteiger partial charge on any atom is -0.408 e. The zero-order valence-corrected chi connectivity index (χ0v) is 16.0. The van der Waals surface area contributed by atoms with Gasteiger partial charge < -0.3 is 9.73 Å². The number of hydrogen-bond donors (Lipinski definition) is 1. The average molecular weight is 386 g/mol. The molecule has 0 unspecified atom stereocenters. The Morgan fingerprint density at radius 2 is 1.45 bits per heavy atom. The Labute approximate surface area is 168 Å². The highest BCUT2D eigenvalue weighted by atomic mass is 16.4. The Balaban J connectivity index is 1.43. The van der Waals surface area contributed by atoms with Crippen LogP contribution in [0.1, 0.15) is 23.5 Å². The molecule has 5 nitrogen and oxygen atoms in total. The summed E-state index contributed by atoms with van der Waals surface area (Å²) in [6, 6.07) is 27.5. The van der Waals surface area contributed by atoms with Crippen LogP contribution in [0.15, 0.2) is 94.1 Å². The molecule has 0 atom stereocenters. The highest BCUT2D eigenvalue weighted by molar-refractivity contribution is 5.77. The molecule has 1 N–H and O–H groups in total. The monoisotopic (exact) mass is 386 g/mol. The van der Waals surface area contributed by atoms with Crippen molar-refractivity contribution in [1.82, 2.24) is 9.88 Å². The van der Waals surface area contributed by atoms with Crippen molar-refractivity contribution in [1.29, 1.82) is 0 Å². The summed E-state index contributed by atoms with van der Waals surface area (Å²) < 4.78 is 6.72. The third-order valence-electron chi connectivity index (χ3n) is 5.04. The van der Waals surface area contributed by atoms with E-state index >= 15 is 0 Å². The van der Waals surface area contributed by atoms with Crippen LogP contribution in [-0.2, 0) is 11.3 Å². The summed E-state index contributed by atoms with van der Waals surface area (Å²) in [5.41, 5.74) is 3.54. The number of benzene rings is 3. The molecule has 0 saturated carbocycles. The molecule has 5 heteroatoms. The standard InChI is InChI=1S/C24H22N2O3/c27-23(15-16-26-21-13-7-8-14-22(21)29-24(26)28)25-17-20(18-9-3-1-4-10-18)19-11-5-2-6-12-19/h1-14,20H,15-17H2,(H,25,27). The lowest BCUT2D eigenvalue weighted by Crippen LogP contribution is -2.30. The number of nitrogens with one attached hydrogen (secondary N) is 1. The van der Waals surface area contributed by atoms with Crippen LogP contribution < -0.4 is 11.1 Å². The fourth-order valence-corrected chi connectivity index (χ4v) is 3.54. The molecule has 4 aromatic rings. The highest BCUT2D eigenvalue weighted by Gasteiger charge is 2.16. The van der Waals surface area contributed by atoms with E-state index in [9.17, 15) is 9.59 Å². The van der Waals surface area contributed by atoms with Crippen LogP contribution in [0.3, 0.4) is 0 Å². The molecule has 29 heavy (non-hydrogen) atoms. The summed E-state index contributed by atoms with van der Waals surface area (Å²) in [5, 5.41) is 3.02. The second kappa shape index (κ2) is 8.61. The number of amides is 1. The molecule has 0 aliphatic carbocycles. The number of aromatic nitrogens is 1. The number of fused-ring (bicyclic) bond motifs is 1. The van der Waals surface area contributed by atoms with Crippen LogP contribution in [0.25, 0.3) is 11.1 Å². The van der Waals surface area contributed by atoms with Crippen molar-refractivity contribution >= 4 is 17.0 Å². The zero-order valence-electron chi connectivity index (χ0n) is 16.0. The van der Waals surface area contributed by atoms with Gasteiger partial charge in [0, 0.05) is 25.4 Å². The SMILES string of the molecule is O=C(CCn1c(=O)oc2ccccc21)NCC(c1ccccc1)c1ccccc1. The van der Waals surface area contributed by atoms with E-state index in [1.54, 1.807) is 6.07 Å². The van der Waals surface area contributed by atoms with E-state index in [4.69, 9.17) is 4.42 Å². The van der Waals surface area contributed by atoms with E-state index in [-0.39, 0.29) is 24.8 Å². The maximum absolute atomic E-state index is 12.5. The average Bonchev–Trinajstić information content (AvgIpc) is 3.09. The Morgan fingerprint density at radius 3 is 2.10 bits per heavy atom. The van der Waals surface area contributed by atoms with Crippen molar-refractivity contribution in [2.45, 2.75) is 18.9 Å². The van der Waals surface area contributed by atoms with Gasteiger partial charge in [0.05, 0.1) is 5.52 Å². The van der Waals surface area contributed by atoms with Gasteiger partial charge in [0.1, 0.15) is 0 Å². The molecule has 0 bridgehead atoms. The van der Waals surface area contributed by atoms with E-state index in [0.717, 1.165) is 11.1 Å². The van der Waals surface area contributed by atoms with Gasteiger partial charge in [-0.05, 0) is 23.3 Å². The molecule has 146 valence electrons. The van der Waals surface area contributed by atoms with Crippen LogP contribution in [-0.4, -0.2) is 17.0 Å². The van der Waals surface area contributed by atoms with E-state index in [2.05, 4.69) is 29.6 Å².